The van der Waals surface area contributed by atoms with Crippen LogP contribution < -0.4 is 16.8 Å². The number of carbonyl (C=O) groups is 2. The van der Waals surface area contributed by atoms with Gasteiger partial charge in [-0.3, -0.25) is 13.7 Å². The van der Waals surface area contributed by atoms with Crippen molar-refractivity contribution in [2.24, 2.45) is 11.5 Å². The summed E-state index contributed by atoms with van der Waals surface area (Å²) in [7, 11) is -5.17. The van der Waals surface area contributed by atoms with E-state index >= 15 is 0 Å². The monoisotopic (exact) mass is 262 g/mol. The van der Waals surface area contributed by atoms with Crippen LogP contribution >= 0.6 is 0 Å². The molecule has 13 heavy (non-hydrogen) atoms. The van der Waals surface area contributed by atoms with Gasteiger partial charge in [0.15, 0.2) is 0 Å². The fourth-order valence-corrected chi connectivity index (χ4v) is 0.121. The standard InChI is InChI=1S/C2H5N3O2.Cu.H2O4S/c3-1(6)5-2(4)7;;1-5(2,3)4/h(H5,3,4,5,6,7);;(H2,1,2,3,4)/q;+2;/p-2. The first-order valence-electron chi connectivity index (χ1n) is 2.15. The van der Waals surface area contributed by atoms with Crippen molar-refractivity contribution in [1.29, 1.82) is 0 Å². The summed E-state index contributed by atoms with van der Waals surface area (Å²) in [4.78, 5) is 19.2. The number of hydrogen-bond donors (Lipinski definition) is 3. The van der Waals surface area contributed by atoms with Crippen molar-refractivity contribution >= 4 is 22.5 Å². The Hall–Kier alpha value is -0.871. The molecule has 0 aromatic heterocycles. The van der Waals surface area contributed by atoms with Gasteiger partial charge in [-0.2, -0.15) is 0 Å². The Bertz CT molecular complexity index is 241. The maximum absolute atomic E-state index is 9.62. The molecule has 0 rings (SSSR count). The maximum atomic E-state index is 9.62. The van der Waals surface area contributed by atoms with Crippen LogP contribution in [0, 0.1) is 0 Å². The van der Waals surface area contributed by atoms with Gasteiger partial charge >= 0.3 is 29.1 Å². The second-order valence-corrected chi connectivity index (χ2v) is 2.08. The van der Waals surface area contributed by atoms with Gasteiger partial charge in [-0.1, -0.05) is 0 Å². The third-order valence-corrected chi connectivity index (χ3v) is 0.246. The molecule has 0 heterocycles. The molecule has 0 spiro atoms. The van der Waals surface area contributed by atoms with E-state index < -0.39 is 22.5 Å². The summed E-state index contributed by atoms with van der Waals surface area (Å²) < 4.78 is 34.1. The molecule has 0 bridgehead atoms. The fourth-order valence-electron chi connectivity index (χ4n) is 0.121. The predicted molar refractivity (Wildman–Crippen MR) is 32.8 cm³/mol. The quantitative estimate of drug-likeness (QED) is 0.244. The van der Waals surface area contributed by atoms with E-state index in [4.69, 9.17) is 17.5 Å². The first kappa shape index (κ1) is 18.0. The van der Waals surface area contributed by atoms with Crippen molar-refractivity contribution in [2.75, 3.05) is 0 Å². The zero-order valence-corrected chi connectivity index (χ0v) is 7.57. The molecule has 5 N–H and O–H groups in total. The Morgan fingerprint density at radius 1 is 1.08 bits per heavy atom. The minimum absolute atomic E-state index is 0. The molecule has 0 unspecified atom stereocenters. The van der Waals surface area contributed by atoms with Gasteiger partial charge in [0.1, 0.15) is 0 Å². The normalized spacial score (nSPS) is 8.46. The van der Waals surface area contributed by atoms with Crippen LogP contribution in [0.3, 0.4) is 0 Å². The van der Waals surface area contributed by atoms with E-state index in [0.29, 0.717) is 0 Å². The van der Waals surface area contributed by atoms with E-state index in [1.807, 2.05) is 0 Å². The third kappa shape index (κ3) is 94.7. The fraction of sp³-hybridized carbons (Fsp3) is 0. The summed E-state index contributed by atoms with van der Waals surface area (Å²) in [5, 5.41) is 1.58. The van der Waals surface area contributed by atoms with Crippen LogP contribution in [0.1, 0.15) is 0 Å². The van der Waals surface area contributed by atoms with Crippen molar-refractivity contribution in [1.82, 2.24) is 5.32 Å². The number of carbonyl (C=O) groups excluding carboxylic acids is 2. The van der Waals surface area contributed by atoms with E-state index in [1.165, 1.54) is 0 Å². The van der Waals surface area contributed by atoms with Crippen LogP contribution in [0.4, 0.5) is 9.59 Å². The van der Waals surface area contributed by atoms with E-state index in [0.717, 1.165) is 0 Å². The van der Waals surface area contributed by atoms with E-state index in [2.05, 4.69) is 11.5 Å². The molecule has 0 saturated carbocycles. The van der Waals surface area contributed by atoms with Crippen LogP contribution in [0.15, 0.2) is 0 Å². The van der Waals surface area contributed by atoms with E-state index in [-0.39, 0.29) is 17.1 Å². The predicted octanol–water partition coefficient (Wildman–Crippen LogP) is -2.61. The second kappa shape index (κ2) is 7.76. The van der Waals surface area contributed by atoms with Crippen molar-refractivity contribution < 1.29 is 44.2 Å². The zero-order chi connectivity index (χ0) is 10.4. The van der Waals surface area contributed by atoms with Crippen molar-refractivity contribution in [3.05, 3.63) is 0 Å². The molecule has 11 heteroatoms. The molecule has 9 nitrogen and oxygen atoms in total. The smallest absolute Gasteiger partial charge is 0.759 e. The Morgan fingerprint density at radius 3 is 1.23 bits per heavy atom. The molecule has 0 fully saturated rings. The average Bonchev–Trinajstić information content (AvgIpc) is 1.52. The number of nitrogens with one attached hydrogen (secondary N) is 1. The molecule has 81 valence electrons. The Labute approximate surface area is 83.9 Å². The van der Waals surface area contributed by atoms with Crippen molar-refractivity contribution in [3.8, 4) is 0 Å². The zero-order valence-electron chi connectivity index (χ0n) is 5.81. The van der Waals surface area contributed by atoms with Gasteiger partial charge < -0.3 is 20.6 Å². The van der Waals surface area contributed by atoms with Gasteiger partial charge in [-0.15, -0.1) is 0 Å². The molecule has 4 amide bonds. The van der Waals surface area contributed by atoms with Gasteiger partial charge in [0, 0.05) is 10.4 Å². The van der Waals surface area contributed by atoms with Crippen LogP contribution in [-0.4, -0.2) is 29.6 Å². The maximum Gasteiger partial charge on any atom is 2.00 e. The Kier molecular flexibility index (Phi) is 10.8. The van der Waals surface area contributed by atoms with Crippen LogP contribution in [-0.2, 0) is 27.5 Å². The molecule has 0 aromatic rings. The summed E-state index contributed by atoms with van der Waals surface area (Å²) >= 11 is 0. The number of primary amides is 2. The van der Waals surface area contributed by atoms with Gasteiger partial charge in [-0.25, -0.2) is 9.59 Å². The number of imide groups is 1. The minimum atomic E-state index is -5.17. The average molecular weight is 263 g/mol. The number of rotatable bonds is 0. The first-order chi connectivity index (χ1) is 5.13. The van der Waals surface area contributed by atoms with Gasteiger partial charge in [0.25, 0.3) is 0 Å². The largest absolute Gasteiger partial charge is 2.00 e. The summed E-state index contributed by atoms with van der Waals surface area (Å²) in [5.74, 6) is 0. The van der Waals surface area contributed by atoms with Gasteiger partial charge in [0.2, 0.25) is 0 Å². The van der Waals surface area contributed by atoms with E-state index in [1.54, 1.807) is 5.32 Å². The van der Waals surface area contributed by atoms with Gasteiger partial charge in [0.05, 0.1) is 0 Å². The topological polar surface area (TPSA) is 178 Å². The first-order valence-corrected chi connectivity index (χ1v) is 3.49. The molecule has 0 atom stereocenters. The van der Waals surface area contributed by atoms with Crippen LogP contribution in [0.25, 0.3) is 0 Å². The minimum Gasteiger partial charge on any atom is -0.759 e. The van der Waals surface area contributed by atoms with Crippen molar-refractivity contribution in [2.45, 2.75) is 0 Å². The van der Waals surface area contributed by atoms with Gasteiger partial charge in [-0.05, 0) is 0 Å². The summed E-state index contributed by atoms with van der Waals surface area (Å²) in [6, 6.07) is -1.88. The number of amides is 4. The molecule has 0 aliphatic heterocycles. The molecule has 0 aliphatic carbocycles. The molecular weight excluding hydrogens is 258 g/mol. The summed E-state index contributed by atoms with van der Waals surface area (Å²) in [6.07, 6.45) is 0. The third-order valence-electron chi connectivity index (χ3n) is 0.246. The van der Waals surface area contributed by atoms with Crippen molar-refractivity contribution in [3.63, 3.8) is 0 Å². The molecule has 0 aliphatic rings. The number of hydrogen-bond acceptors (Lipinski definition) is 6. The summed E-state index contributed by atoms with van der Waals surface area (Å²) in [5.41, 5.74) is 8.88. The Morgan fingerprint density at radius 2 is 1.23 bits per heavy atom. The SMILES string of the molecule is NC(=O)NC(N)=O.O=S(=O)([O-])[O-].[Cu+2]. The molecule has 0 aromatic carbocycles. The molecule has 0 saturated heterocycles. The Balaban J connectivity index is -0.000000150. The number of urea groups is 2. The van der Waals surface area contributed by atoms with Crippen LogP contribution in [0.2, 0.25) is 0 Å². The molecular formula is C2H5CuN3O6S. The second-order valence-electron chi connectivity index (χ2n) is 1.26. The van der Waals surface area contributed by atoms with E-state index in [9.17, 15) is 9.59 Å². The molecule has 1 radical (unpaired) electrons. The van der Waals surface area contributed by atoms with Crippen LogP contribution in [0.5, 0.6) is 0 Å². The number of nitrogens with two attached hydrogens (primary N) is 2. The summed E-state index contributed by atoms with van der Waals surface area (Å²) in [6.45, 7) is 0.